The normalized spacial score (nSPS) is 18.4. The molecule has 0 atom stereocenters. The number of aromatic nitrogens is 3. The Bertz CT molecular complexity index is 900. The maximum atomic E-state index is 8.54. The van der Waals surface area contributed by atoms with Crippen molar-refractivity contribution < 1.29 is 14.2 Å². The Kier molecular flexibility index (Phi) is 6.59. The second kappa shape index (κ2) is 9.53. The number of hydrogen-bond donors (Lipinski definition) is 3. The Morgan fingerprint density at radius 2 is 1.83 bits per heavy atom. The maximum Gasteiger partial charge on any atom is 0.224 e. The number of hydrogen-bond acceptors (Lipinski definition) is 8. The Labute approximate surface area is 176 Å². The molecule has 0 saturated carbocycles. The molecule has 0 spiro atoms. The molecule has 2 aromatic heterocycles. The maximum absolute atomic E-state index is 8.54. The third-order valence-corrected chi connectivity index (χ3v) is 5.82. The van der Waals surface area contributed by atoms with Crippen LogP contribution in [0.3, 0.4) is 0 Å². The second-order valence-corrected chi connectivity index (χ2v) is 7.89. The van der Waals surface area contributed by atoms with E-state index in [-0.39, 0.29) is 17.8 Å². The summed E-state index contributed by atoms with van der Waals surface area (Å²) in [6.07, 6.45) is 7.63. The molecule has 3 N–H and O–H groups in total. The number of pyridine rings is 1. The monoisotopic (exact) mass is 414 g/mol. The van der Waals surface area contributed by atoms with Gasteiger partial charge < -0.3 is 19.5 Å². The minimum absolute atomic E-state index is 0.0553. The number of fused-ring (bicyclic) bond motifs is 1. The van der Waals surface area contributed by atoms with Crippen molar-refractivity contribution in [3.8, 4) is 0 Å². The van der Waals surface area contributed by atoms with E-state index < -0.39 is 0 Å². The van der Waals surface area contributed by atoms with Gasteiger partial charge in [0.1, 0.15) is 0 Å². The van der Waals surface area contributed by atoms with E-state index in [2.05, 4.69) is 15.4 Å². The molecule has 4 rings (SSSR count). The van der Waals surface area contributed by atoms with E-state index in [9.17, 15) is 0 Å². The van der Waals surface area contributed by atoms with Gasteiger partial charge in [-0.05, 0) is 38.5 Å². The Balaban J connectivity index is 1.55. The van der Waals surface area contributed by atoms with Crippen LogP contribution in [0.25, 0.3) is 11.0 Å². The Morgan fingerprint density at radius 3 is 2.53 bits per heavy atom. The topological polar surface area (TPSA) is 118 Å². The van der Waals surface area contributed by atoms with Crippen molar-refractivity contribution in [1.29, 1.82) is 10.8 Å². The lowest BCUT2D eigenvalue weighted by Gasteiger charge is -2.26. The highest BCUT2D eigenvalue weighted by molar-refractivity contribution is 6.08. The summed E-state index contributed by atoms with van der Waals surface area (Å²) in [4.78, 5) is 4.54. The Hall–Kier alpha value is -2.52. The number of anilines is 1. The van der Waals surface area contributed by atoms with Crippen LogP contribution in [0.4, 0.5) is 5.69 Å². The summed E-state index contributed by atoms with van der Waals surface area (Å²) in [6.45, 7) is 5.65. The van der Waals surface area contributed by atoms with Gasteiger partial charge in [0.05, 0.1) is 22.8 Å². The van der Waals surface area contributed by atoms with Crippen LogP contribution in [0.15, 0.2) is 12.4 Å². The molecule has 162 valence electrons. The second-order valence-electron chi connectivity index (χ2n) is 7.89. The van der Waals surface area contributed by atoms with Crippen LogP contribution in [0, 0.1) is 16.7 Å². The quantitative estimate of drug-likeness (QED) is 0.493. The van der Waals surface area contributed by atoms with E-state index in [1.807, 2.05) is 11.6 Å². The van der Waals surface area contributed by atoms with Crippen LogP contribution in [0.1, 0.15) is 44.6 Å². The van der Waals surface area contributed by atoms with Crippen molar-refractivity contribution in [2.45, 2.75) is 51.6 Å². The largest absolute Gasteiger partial charge is 0.425 e. The lowest BCUT2D eigenvalue weighted by Crippen LogP contribution is -2.29. The zero-order chi connectivity index (χ0) is 20.9. The van der Waals surface area contributed by atoms with Crippen LogP contribution in [0.5, 0.6) is 0 Å². The van der Waals surface area contributed by atoms with Crippen molar-refractivity contribution in [2.75, 3.05) is 31.7 Å². The van der Waals surface area contributed by atoms with Gasteiger partial charge in [0.25, 0.3) is 0 Å². The third kappa shape index (κ3) is 4.62. The molecule has 0 aromatic carbocycles. The predicted molar refractivity (Wildman–Crippen MR) is 114 cm³/mol. The zero-order valence-corrected chi connectivity index (χ0v) is 17.4. The van der Waals surface area contributed by atoms with E-state index in [1.54, 1.807) is 12.4 Å². The molecule has 2 aromatic rings. The van der Waals surface area contributed by atoms with Gasteiger partial charge >= 0.3 is 0 Å². The van der Waals surface area contributed by atoms with E-state index in [1.165, 1.54) is 0 Å². The molecule has 0 amide bonds. The predicted octanol–water partition coefficient (Wildman–Crippen LogP) is 3.18. The summed E-state index contributed by atoms with van der Waals surface area (Å²) in [5, 5.41) is 25.7. The number of aryl methyl sites for hydroxylation is 1. The lowest BCUT2D eigenvalue weighted by molar-refractivity contribution is 0.0674. The van der Waals surface area contributed by atoms with Gasteiger partial charge in [-0.25, -0.2) is 9.67 Å². The molecule has 4 heterocycles. The van der Waals surface area contributed by atoms with E-state index in [0.717, 1.165) is 75.4 Å². The molecule has 0 radical (unpaired) electrons. The molecule has 0 aliphatic carbocycles. The average molecular weight is 415 g/mol. The summed E-state index contributed by atoms with van der Waals surface area (Å²) in [5.74, 6) is 0.441. The van der Waals surface area contributed by atoms with Crippen LogP contribution in [-0.4, -0.2) is 59.0 Å². The van der Waals surface area contributed by atoms with Gasteiger partial charge in [-0.15, -0.1) is 0 Å². The molecule has 2 aliphatic heterocycles. The molecule has 0 unspecified atom stereocenters. The fourth-order valence-electron chi connectivity index (χ4n) is 4.06. The molecule has 9 heteroatoms. The standard InChI is InChI=1S/C21H30N6O3/c1-2-27-21-17(13-25-27)19(26-15-5-9-29-10-6-15)16(12-24-21)20(23)30-18(22)11-14-3-7-28-8-4-14/h12-15,22-23H,2-11H2,1H3,(H,24,26). The molecule has 2 aliphatic rings. The highest BCUT2D eigenvalue weighted by atomic mass is 16.5. The minimum atomic E-state index is -0.0553. The molecule has 0 bridgehead atoms. The molecule has 30 heavy (non-hydrogen) atoms. The summed E-state index contributed by atoms with van der Waals surface area (Å²) in [7, 11) is 0. The number of rotatable bonds is 6. The Morgan fingerprint density at radius 1 is 1.13 bits per heavy atom. The first kappa shape index (κ1) is 20.7. The number of ether oxygens (including phenoxy) is 3. The first-order valence-electron chi connectivity index (χ1n) is 10.8. The van der Waals surface area contributed by atoms with Crippen LogP contribution >= 0.6 is 0 Å². The van der Waals surface area contributed by atoms with Gasteiger partial charge in [0, 0.05) is 51.6 Å². The van der Waals surface area contributed by atoms with Gasteiger partial charge in [0.2, 0.25) is 5.90 Å². The van der Waals surface area contributed by atoms with Crippen LogP contribution in [0.2, 0.25) is 0 Å². The molecule has 2 saturated heterocycles. The minimum Gasteiger partial charge on any atom is -0.425 e. The van der Waals surface area contributed by atoms with Crippen molar-refractivity contribution in [2.24, 2.45) is 5.92 Å². The smallest absolute Gasteiger partial charge is 0.224 e. The highest BCUT2D eigenvalue weighted by Gasteiger charge is 2.23. The summed E-state index contributed by atoms with van der Waals surface area (Å²) >= 11 is 0. The summed E-state index contributed by atoms with van der Waals surface area (Å²) in [6, 6.07) is 0.252. The van der Waals surface area contributed by atoms with Gasteiger partial charge in [-0.1, -0.05) is 0 Å². The number of nitrogens with zero attached hydrogens (tertiary/aromatic N) is 3. The number of nitrogens with one attached hydrogen (secondary N) is 3. The van der Waals surface area contributed by atoms with Crippen molar-refractivity contribution >= 4 is 28.5 Å². The van der Waals surface area contributed by atoms with E-state index in [4.69, 9.17) is 25.0 Å². The first-order chi connectivity index (χ1) is 14.7. The third-order valence-electron chi connectivity index (χ3n) is 5.82. The zero-order valence-electron chi connectivity index (χ0n) is 17.4. The van der Waals surface area contributed by atoms with Crippen molar-refractivity contribution in [3.05, 3.63) is 18.0 Å². The fraction of sp³-hybridized carbons (Fsp3) is 0.619. The molecular weight excluding hydrogens is 384 g/mol. The molecular formula is C21H30N6O3. The van der Waals surface area contributed by atoms with Gasteiger partial charge in [0.15, 0.2) is 11.5 Å². The highest BCUT2D eigenvalue weighted by Crippen LogP contribution is 2.29. The SMILES string of the molecule is CCn1ncc2c(NC3CCOCC3)c(C(=N)OC(=N)CC3CCOCC3)cnc21. The average Bonchev–Trinajstić information content (AvgIpc) is 3.19. The molecule has 9 nitrogen and oxygen atoms in total. The van der Waals surface area contributed by atoms with E-state index in [0.29, 0.717) is 17.9 Å². The summed E-state index contributed by atoms with van der Waals surface area (Å²) < 4.78 is 18.3. The van der Waals surface area contributed by atoms with E-state index >= 15 is 0 Å². The van der Waals surface area contributed by atoms with Crippen molar-refractivity contribution in [3.63, 3.8) is 0 Å². The fourth-order valence-corrected chi connectivity index (χ4v) is 4.06. The lowest BCUT2D eigenvalue weighted by atomic mass is 9.96. The van der Waals surface area contributed by atoms with Gasteiger partial charge in [-0.2, -0.15) is 5.10 Å². The van der Waals surface area contributed by atoms with Crippen molar-refractivity contribution in [1.82, 2.24) is 14.8 Å². The first-order valence-corrected chi connectivity index (χ1v) is 10.8. The van der Waals surface area contributed by atoms with Gasteiger partial charge in [-0.3, -0.25) is 10.8 Å². The summed E-state index contributed by atoms with van der Waals surface area (Å²) in [5.41, 5.74) is 2.14. The van der Waals surface area contributed by atoms with Crippen LogP contribution < -0.4 is 5.32 Å². The molecule has 2 fully saturated rings. The van der Waals surface area contributed by atoms with Crippen LogP contribution in [-0.2, 0) is 20.8 Å².